The lowest BCUT2D eigenvalue weighted by Gasteiger charge is -2.35. The first kappa shape index (κ1) is 64.3. The average Bonchev–Trinajstić information content (AvgIpc) is 1.79. The second kappa shape index (κ2) is 31.2. The molecule has 462 valence electrons. The molecule has 0 heterocycles. The van der Waals surface area contributed by atoms with Crippen LogP contribution in [0.4, 0.5) is 34.1 Å². The highest BCUT2D eigenvalue weighted by atomic mass is 15.1. The molecule has 0 aliphatic heterocycles. The molecule has 0 atom stereocenters. The fourth-order valence-corrected chi connectivity index (χ4v) is 15.5. The van der Waals surface area contributed by atoms with Crippen LogP contribution in [0, 0.1) is 27.7 Å². The van der Waals surface area contributed by atoms with Crippen LogP contribution in [-0.2, 0) is 10.8 Å². The second-order valence-electron chi connectivity index (χ2n) is 27.2. The Morgan fingerprint density at radius 3 is 0.830 bits per heavy atom. The van der Waals surface area contributed by atoms with Gasteiger partial charge in [-0.2, -0.15) is 0 Å². The predicted molar refractivity (Wildman–Crippen MR) is 385 cm³/mol. The molecule has 8 aromatic carbocycles. The van der Waals surface area contributed by atoms with E-state index in [-0.39, 0.29) is 10.8 Å². The number of rotatable bonds is 35. The molecule has 0 saturated carbocycles. The van der Waals surface area contributed by atoms with Gasteiger partial charge in [-0.15, -0.1) is 0 Å². The van der Waals surface area contributed by atoms with E-state index in [1.807, 2.05) is 0 Å². The number of benzene rings is 8. The van der Waals surface area contributed by atoms with E-state index in [9.17, 15) is 0 Å². The highest BCUT2D eigenvalue weighted by molar-refractivity contribution is 5.90. The standard InChI is InChI=1S/C86H108N2/c1-9-13-17-21-25-29-57-85(58-30-26-22-18-14-10-2)81-61-68(8)39-53-77(81)78-54-42-70(62-82(78)85)69-40-49-74(50-41-69)88(73-47-37-67(7)38-48-73)76-52-56-80-79-55-51-75(87(71-43-33-65(5)34-44-71)72-45-35-66(6)36-46-72)63-83(79)86(84(80)64-76,59-31-27-23-19-15-11-3)60-32-28-24-20-16-12-4/h33-56,61-64H,9-32,57-60H2,1-8H3. The van der Waals surface area contributed by atoms with E-state index in [0.717, 1.165) is 12.8 Å². The molecule has 0 aromatic heterocycles. The van der Waals surface area contributed by atoms with Crippen LogP contribution < -0.4 is 9.80 Å². The van der Waals surface area contributed by atoms with Crippen LogP contribution in [0.15, 0.2) is 170 Å². The lowest BCUT2D eigenvalue weighted by Crippen LogP contribution is -2.26. The smallest absolute Gasteiger partial charge is 0.0465 e. The molecule has 2 nitrogen and oxygen atoms in total. The molecule has 0 radical (unpaired) electrons. The van der Waals surface area contributed by atoms with Crippen LogP contribution in [0.1, 0.15) is 252 Å². The maximum atomic E-state index is 2.65. The van der Waals surface area contributed by atoms with E-state index in [1.54, 1.807) is 11.1 Å². The van der Waals surface area contributed by atoms with Crippen molar-refractivity contribution in [2.75, 3.05) is 9.80 Å². The van der Waals surface area contributed by atoms with Gasteiger partial charge >= 0.3 is 0 Å². The average molecular weight is 1170 g/mol. The van der Waals surface area contributed by atoms with Crippen molar-refractivity contribution >= 4 is 34.1 Å². The Hall–Kier alpha value is -6.64. The summed E-state index contributed by atoms with van der Waals surface area (Å²) in [7, 11) is 0. The van der Waals surface area contributed by atoms with E-state index in [4.69, 9.17) is 0 Å². The number of unbranched alkanes of at least 4 members (excludes halogenated alkanes) is 20. The third kappa shape index (κ3) is 14.8. The number of aryl methyl sites for hydroxylation is 4. The van der Waals surface area contributed by atoms with E-state index >= 15 is 0 Å². The van der Waals surface area contributed by atoms with Crippen molar-refractivity contribution < 1.29 is 0 Å². The minimum absolute atomic E-state index is 0.0417. The van der Waals surface area contributed by atoms with Crippen LogP contribution in [0.25, 0.3) is 33.4 Å². The van der Waals surface area contributed by atoms with Crippen LogP contribution in [0.3, 0.4) is 0 Å². The van der Waals surface area contributed by atoms with Crippen molar-refractivity contribution in [2.24, 2.45) is 0 Å². The molecule has 8 aromatic rings. The van der Waals surface area contributed by atoms with Crippen molar-refractivity contribution in [1.82, 2.24) is 0 Å². The molecule has 0 amide bonds. The lowest BCUT2D eigenvalue weighted by atomic mass is 9.70. The van der Waals surface area contributed by atoms with Crippen molar-refractivity contribution in [3.8, 4) is 33.4 Å². The van der Waals surface area contributed by atoms with Gasteiger partial charge in [-0.25, -0.2) is 0 Å². The van der Waals surface area contributed by atoms with Crippen LogP contribution >= 0.6 is 0 Å². The van der Waals surface area contributed by atoms with E-state index in [0.29, 0.717) is 0 Å². The van der Waals surface area contributed by atoms with Gasteiger partial charge in [-0.3, -0.25) is 0 Å². The third-order valence-corrected chi connectivity index (χ3v) is 20.5. The van der Waals surface area contributed by atoms with Crippen molar-refractivity contribution in [1.29, 1.82) is 0 Å². The minimum Gasteiger partial charge on any atom is -0.310 e. The predicted octanol–water partition coefficient (Wildman–Crippen LogP) is 27.1. The van der Waals surface area contributed by atoms with Gasteiger partial charge < -0.3 is 9.80 Å². The van der Waals surface area contributed by atoms with E-state index in [2.05, 4.69) is 235 Å². The number of hydrogen-bond acceptors (Lipinski definition) is 2. The Bertz CT molecular complexity index is 3370. The first-order valence-corrected chi connectivity index (χ1v) is 35.6. The summed E-state index contributed by atoms with van der Waals surface area (Å²) >= 11 is 0. The zero-order valence-electron chi connectivity index (χ0n) is 55.9. The van der Waals surface area contributed by atoms with Gasteiger partial charge in [0, 0.05) is 45.0 Å². The summed E-state index contributed by atoms with van der Waals surface area (Å²) in [5.74, 6) is 0. The fourth-order valence-electron chi connectivity index (χ4n) is 15.5. The summed E-state index contributed by atoms with van der Waals surface area (Å²) in [6.07, 6.45) is 36.2. The molecule has 0 fully saturated rings. The van der Waals surface area contributed by atoms with E-state index in [1.165, 1.54) is 268 Å². The van der Waals surface area contributed by atoms with E-state index < -0.39 is 0 Å². The van der Waals surface area contributed by atoms with Gasteiger partial charge in [0.2, 0.25) is 0 Å². The van der Waals surface area contributed by atoms with Crippen LogP contribution in [0.5, 0.6) is 0 Å². The highest BCUT2D eigenvalue weighted by Crippen LogP contribution is 2.58. The topological polar surface area (TPSA) is 6.48 Å². The highest BCUT2D eigenvalue weighted by Gasteiger charge is 2.44. The summed E-state index contributed by atoms with van der Waals surface area (Å²) in [6.45, 7) is 18.3. The Morgan fingerprint density at radius 1 is 0.227 bits per heavy atom. The largest absolute Gasteiger partial charge is 0.310 e. The SMILES string of the molecule is CCCCCCCCC1(CCCCCCCC)c2cc(C)ccc2-c2ccc(-c3ccc(N(c4ccc(C)cc4)c4ccc5c(c4)C(CCCCCCCC)(CCCCCCCC)c4cc(N(c6ccc(C)cc6)c6ccc(C)cc6)ccc4-5)cc3)cc21. The number of anilines is 6. The van der Waals surface area contributed by atoms with Gasteiger partial charge in [-0.05, 0) is 188 Å². The Balaban J connectivity index is 1.05. The van der Waals surface area contributed by atoms with Crippen molar-refractivity contribution in [3.05, 3.63) is 214 Å². The van der Waals surface area contributed by atoms with Gasteiger partial charge in [0.05, 0.1) is 0 Å². The van der Waals surface area contributed by atoms with Crippen LogP contribution in [-0.4, -0.2) is 0 Å². The second-order valence-corrected chi connectivity index (χ2v) is 27.2. The lowest BCUT2D eigenvalue weighted by molar-refractivity contribution is 0.398. The summed E-state index contributed by atoms with van der Waals surface area (Å²) in [5.41, 5.74) is 27.0. The van der Waals surface area contributed by atoms with Gasteiger partial charge in [0.1, 0.15) is 0 Å². The minimum atomic E-state index is -0.132. The van der Waals surface area contributed by atoms with Crippen molar-refractivity contribution in [2.45, 2.75) is 246 Å². The molecule has 10 rings (SSSR count). The monoisotopic (exact) mass is 1170 g/mol. The maximum Gasteiger partial charge on any atom is 0.0465 e. The molecular formula is C86H108N2. The summed E-state index contributed by atoms with van der Waals surface area (Å²) in [4.78, 5) is 5.06. The number of hydrogen-bond donors (Lipinski definition) is 0. The number of fused-ring (bicyclic) bond motifs is 6. The molecule has 0 spiro atoms. The quantitative estimate of drug-likeness (QED) is 0.0365. The number of nitrogens with zero attached hydrogens (tertiary/aromatic N) is 2. The zero-order chi connectivity index (χ0) is 61.3. The summed E-state index contributed by atoms with van der Waals surface area (Å²) < 4.78 is 0. The molecule has 0 unspecified atom stereocenters. The van der Waals surface area contributed by atoms with Gasteiger partial charge in [-0.1, -0.05) is 295 Å². The molecule has 0 saturated heterocycles. The zero-order valence-corrected chi connectivity index (χ0v) is 55.9. The van der Waals surface area contributed by atoms with Crippen molar-refractivity contribution in [3.63, 3.8) is 0 Å². The molecule has 2 aliphatic carbocycles. The molecule has 88 heavy (non-hydrogen) atoms. The normalized spacial score (nSPS) is 13.3. The molecule has 0 N–H and O–H groups in total. The Labute approximate surface area is 534 Å². The van der Waals surface area contributed by atoms with Gasteiger partial charge in [0.25, 0.3) is 0 Å². The molecular weight excluding hydrogens is 1060 g/mol. The first-order chi connectivity index (χ1) is 43.1. The molecule has 2 heteroatoms. The Kier molecular flexibility index (Phi) is 22.8. The first-order valence-electron chi connectivity index (χ1n) is 35.6. The third-order valence-electron chi connectivity index (χ3n) is 20.5. The molecule has 2 aliphatic rings. The molecule has 0 bridgehead atoms. The Morgan fingerprint density at radius 2 is 0.477 bits per heavy atom. The maximum absolute atomic E-state index is 2.65. The fraction of sp³-hybridized carbons (Fsp3) is 0.442. The summed E-state index contributed by atoms with van der Waals surface area (Å²) in [5, 5.41) is 0. The summed E-state index contributed by atoms with van der Waals surface area (Å²) in [6, 6.07) is 67.3. The van der Waals surface area contributed by atoms with Gasteiger partial charge in [0.15, 0.2) is 0 Å². The van der Waals surface area contributed by atoms with Crippen LogP contribution in [0.2, 0.25) is 0 Å².